The summed E-state index contributed by atoms with van der Waals surface area (Å²) in [5.41, 5.74) is 1.18. The van der Waals surface area contributed by atoms with Crippen molar-refractivity contribution in [1.29, 1.82) is 0 Å². The Bertz CT molecular complexity index is 605. The van der Waals surface area contributed by atoms with Gasteiger partial charge in [-0.25, -0.2) is 0 Å². The maximum absolute atomic E-state index is 11.6. The van der Waals surface area contributed by atoms with E-state index in [0.29, 0.717) is 6.42 Å². The molecule has 3 heteroatoms. The number of phenolic OH excluding ortho intramolecular Hbond substituents is 1. The van der Waals surface area contributed by atoms with Crippen LogP contribution in [0.15, 0.2) is 36.4 Å². The molecule has 0 radical (unpaired) electrons. The van der Waals surface area contributed by atoms with Gasteiger partial charge in [-0.3, -0.25) is 4.79 Å². The van der Waals surface area contributed by atoms with Gasteiger partial charge in [-0.2, -0.15) is 0 Å². The van der Waals surface area contributed by atoms with Crippen LogP contribution in [0.1, 0.15) is 32.3 Å². The van der Waals surface area contributed by atoms with Gasteiger partial charge >= 0.3 is 0 Å². The molecule has 0 heterocycles. The fourth-order valence-electron chi connectivity index (χ4n) is 2.38. The predicted molar refractivity (Wildman–Crippen MR) is 81.8 cm³/mol. The molecule has 2 aromatic rings. The highest BCUT2D eigenvalue weighted by molar-refractivity contribution is 5.87. The smallest absolute Gasteiger partial charge is 0.220 e. The van der Waals surface area contributed by atoms with Gasteiger partial charge in [0.15, 0.2) is 0 Å². The Morgan fingerprint density at radius 1 is 1.25 bits per heavy atom. The quantitative estimate of drug-likeness (QED) is 0.875. The molecule has 0 unspecified atom stereocenters. The number of hydrogen-bond acceptors (Lipinski definition) is 2. The first-order chi connectivity index (χ1) is 9.56. The first-order valence-corrected chi connectivity index (χ1v) is 7.06. The second-order valence-electron chi connectivity index (χ2n) is 5.40. The van der Waals surface area contributed by atoms with Crippen molar-refractivity contribution in [1.82, 2.24) is 5.32 Å². The number of hydrogen-bond donors (Lipinski definition) is 2. The highest BCUT2D eigenvalue weighted by Gasteiger charge is 2.05. The van der Waals surface area contributed by atoms with Gasteiger partial charge in [-0.05, 0) is 55.2 Å². The maximum Gasteiger partial charge on any atom is 0.220 e. The fraction of sp³-hybridized carbons (Fsp3) is 0.353. The Balaban J connectivity index is 2.03. The summed E-state index contributed by atoms with van der Waals surface area (Å²) in [6.45, 7) is 3.93. The summed E-state index contributed by atoms with van der Waals surface area (Å²) < 4.78 is 0. The molecule has 0 bridgehead atoms. The topological polar surface area (TPSA) is 49.3 Å². The second-order valence-corrected chi connectivity index (χ2v) is 5.40. The minimum Gasteiger partial charge on any atom is -0.508 e. The van der Waals surface area contributed by atoms with Gasteiger partial charge in [0.25, 0.3) is 0 Å². The SMILES string of the molecule is CC(C)NC(=O)CCCc1cccc2ccc(O)cc12. The Morgan fingerprint density at radius 2 is 2.05 bits per heavy atom. The summed E-state index contributed by atoms with van der Waals surface area (Å²) >= 11 is 0. The van der Waals surface area contributed by atoms with E-state index in [2.05, 4.69) is 11.4 Å². The number of fused-ring (bicyclic) bond motifs is 1. The van der Waals surface area contributed by atoms with Gasteiger partial charge in [-0.1, -0.05) is 24.3 Å². The summed E-state index contributed by atoms with van der Waals surface area (Å²) in [5, 5.41) is 14.7. The second kappa shape index (κ2) is 6.42. The van der Waals surface area contributed by atoms with Gasteiger partial charge in [0.1, 0.15) is 5.75 Å². The molecule has 2 N–H and O–H groups in total. The summed E-state index contributed by atoms with van der Waals surface area (Å²) in [7, 11) is 0. The molecule has 0 spiro atoms. The van der Waals surface area contributed by atoms with E-state index >= 15 is 0 Å². The van der Waals surface area contributed by atoms with Crippen LogP contribution >= 0.6 is 0 Å². The van der Waals surface area contributed by atoms with Gasteiger partial charge in [0.05, 0.1) is 0 Å². The number of aryl methyl sites for hydroxylation is 1. The summed E-state index contributed by atoms with van der Waals surface area (Å²) in [6, 6.07) is 11.7. The van der Waals surface area contributed by atoms with Crippen molar-refractivity contribution < 1.29 is 9.90 Å². The molecule has 106 valence electrons. The Kier molecular flexibility index (Phi) is 4.61. The van der Waals surface area contributed by atoms with E-state index in [0.717, 1.165) is 23.6 Å². The summed E-state index contributed by atoms with van der Waals surface area (Å²) in [4.78, 5) is 11.6. The zero-order chi connectivity index (χ0) is 14.5. The van der Waals surface area contributed by atoms with Crippen LogP contribution in [-0.2, 0) is 11.2 Å². The molecule has 0 fully saturated rings. The molecular weight excluding hydrogens is 250 g/mol. The standard InChI is InChI=1S/C17H21NO2/c1-12(2)18-17(20)8-4-7-13-5-3-6-14-9-10-15(19)11-16(13)14/h3,5-6,9-12,19H,4,7-8H2,1-2H3,(H,18,20). The number of carbonyl (C=O) groups excluding carboxylic acids is 1. The van der Waals surface area contributed by atoms with Crippen LogP contribution in [0.4, 0.5) is 0 Å². The van der Waals surface area contributed by atoms with E-state index < -0.39 is 0 Å². The summed E-state index contributed by atoms with van der Waals surface area (Å²) in [6.07, 6.45) is 2.19. The van der Waals surface area contributed by atoms with Crippen molar-refractivity contribution >= 4 is 16.7 Å². The minimum absolute atomic E-state index is 0.100. The van der Waals surface area contributed by atoms with E-state index in [9.17, 15) is 9.90 Å². The zero-order valence-electron chi connectivity index (χ0n) is 12.0. The highest BCUT2D eigenvalue weighted by atomic mass is 16.3. The molecule has 0 aliphatic carbocycles. The van der Waals surface area contributed by atoms with E-state index in [1.807, 2.05) is 32.0 Å². The molecule has 0 saturated heterocycles. The number of amides is 1. The minimum atomic E-state index is 0.100. The van der Waals surface area contributed by atoms with E-state index in [4.69, 9.17) is 0 Å². The first kappa shape index (κ1) is 14.4. The molecule has 0 atom stereocenters. The lowest BCUT2D eigenvalue weighted by Crippen LogP contribution is -2.29. The monoisotopic (exact) mass is 271 g/mol. The Labute approximate surface area is 119 Å². The number of aromatic hydroxyl groups is 1. The molecule has 2 rings (SSSR count). The molecule has 0 aromatic heterocycles. The van der Waals surface area contributed by atoms with Crippen molar-refractivity contribution in [3.8, 4) is 5.75 Å². The maximum atomic E-state index is 11.6. The van der Waals surface area contributed by atoms with Crippen molar-refractivity contribution in [2.24, 2.45) is 0 Å². The number of benzene rings is 2. The van der Waals surface area contributed by atoms with Gasteiger partial charge < -0.3 is 10.4 Å². The lowest BCUT2D eigenvalue weighted by molar-refractivity contribution is -0.121. The van der Waals surface area contributed by atoms with Crippen LogP contribution in [0, 0.1) is 0 Å². The molecule has 3 nitrogen and oxygen atoms in total. The van der Waals surface area contributed by atoms with Gasteiger partial charge in [0.2, 0.25) is 5.91 Å². The van der Waals surface area contributed by atoms with Crippen LogP contribution in [0.3, 0.4) is 0 Å². The lowest BCUT2D eigenvalue weighted by atomic mass is 10.00. The van der Waals surface area contributed by atoms with Crippen molar-refractivity contribution in [3.05, 3.63) is 42.0 Å². The normalized spacial score (nSPS) is 10.9. The lowest BCUT2D eigenvalue weighted by Gasteiger charge is -2.09. The molecule has 0 aliphatic heterocycles. The van der Waals surface area contributed by atoms with E-state index in [1.165, 1.54) is 5.56 Å². The van der Waals surface area contributed by atoms with Crippen molar-refractivity contribution in [3.63, 3.8) is 0 Å². The van der Waals surface area contributed by atoms with Crippen LogP contribution < -0.4 is 5.32 Å². The van der Waals surface area contributed by atoms with E-state index in [1.54, 1.807) is 12.1 Å². The number of rotatable bonds is 5. The largest absolute Gasteiger partial charge is 0.508 e. The van der Waals surface area contributed by atoms with Crippen molar-refractivity contribution in [2.75, 3.05) is 0 Å². The number of nitrogens with one attached hydrogen (secondary N) is 1. The third-order valence-corrected chi connectivity index (χ3v) is 3.26. The fourth-order valence-corrected chi connectivity index (χ4v) is 2.38. The summed E-state index contributed by atoms with van der Waals surface area (Å²) in [5.74, 6) is 0.380. The van der Waals surface area contributed by atoms with E-state index in [-0.39, 0.29) is 17.7 Å². The highest BCUT2D eigenvalue weighted by Crippen LogP contribution is 2.24. The molecule has 2 aromatic carbocycles. The molecule has 1 amide bonds. The third-order valence-electron chi connectivity index (χ3n) is 3.26. The zero-order valence-corrected chi connectivity index (χ0v) is 12.0. The average molecular weight is 271 g/mol. The molecular formula is C17H21NO2. The third kappa shape index (κ3) is 3.73. The van der Waals surface area contributed by atoms with Gasteiger partial charge in [0, 0.05) is 12.5 Å². The number of phenols is 1. The van der Waals surface area contributed by atoms with Crippen LogP contribution in [0.2, 0.25) is 0 Å². The molecule has 0 saturated carbocycles. The predicted octanol–water partition coefficient (Wildman–Crippen LogP) is 3.39. The Hall–Kier alpha value is -2.03. The molecule has 0 aliphatic rings. The average Bonchev–Trinajstić information content (AvgIpc) is 2.38. The van der Waals surface area contributed by atoms with Crippen LogP contribution in [-0.4, -0.2) is 17.1 Å². The van der Waals surface area contributed by atoms with Crippen LogP contribution in [0.25, 0.3) is 10.8 Å². The van der Waals surface area contributed by atoms with Gasteiger partial charge in [-0.15, -0.1) is 0 Å². The Morgan fingerprint density at radius 3 is 2.80 bits per heavy atom. The first-order valence-electron chi connectivity index (χ1n) is 7.06. The van der Waals surface area contributed by atoms with Crippen molar-refractivity contribution in [2.45, 2.75) is 39.2 Å². The molecule has 20 heavy (non-hydrogen) atoms. The van der Waals surface area contributed by atoms with Crippen LogP contribution in [0.5, 0.6) is 5.75 Å². The number of carbonyl (C=O) groups is 1.